The van der Waals surface area contributed by atoms with E-state index in [0.29, 0.717) is 56.2 Å². The number of halogens is 1. The fraction of sp³-hybridized carbons (Fsp3) is 0.448. The van der Waals surface area contributed by atoms with Crippen LogP contribution in [0, 0.1) is 11.7 Å². The zero-order valence-electron chi connectivity index (χ0n) is 24.1. The smallest absolute Gasteiger partial charge is 0.414 e. The van der Waals surface area contributed by atoms with E-state index >= 15 is 4.39 Å². The Morgan fingerprint density at radius 3 is 2.70 bits per heavy atom. The van der Waals surface area contributed by atoms with Crippen LogP contribution >= 0.6 is 0 Å². The molecule has 2 saturated heterocycles. The summed E-state index contributed by atoms with van der Waals surface area (Å²) in [6.07, 6.45) is 5.72. The molecule has 2 aliphatic heterocycles. The number of carbonyl (C=O) groups excluding carboxylic acids is 4. The second-order valence-corrected chi connectivity index (χ2v) is 10.9. The molecule has 43 heavy (non-hydrogen) atoms. The van der Waals surface area contributed by atoms with Crippen LogP contribution < -0.4 is 15.1 Å². The number of piperazine rings is 1. The van der Waals surface area contributed by atoms with Gasteiger partial charge in [-0.05, 0) is 30.5 Å². The summed E-state index contributed by atoms with van der Waals surface area (Å²) in [7, 11) is 0. The maximum atomic E-state index is 15.2. The Labute approximate surface area is 247 Å². The lowest BCUT2D eigenvalue weighted by Crippen LogP contribution is -2.51. The lowest BCUT2D eigenvalue weighted by molar-refractivity contribution is -0.145. The van der Waals surface area contributed by atoms with E-state index in [1.54, 1.807) is 40.0 Å². The van der Waals surface area contributed by atoms with E-state index in [9.17, 15) is 19.2 Å². The van der Waals surface area contributed by atoms with Crippen LogP contribution in [0.2, 0.25) is 0 Å². The third kappa shape index (κ3) is 7.19. The number of cyclic esters (lactones) is 1. The summed E-state index contributed by atoms with van der Waals surface area (Å²) in [6.45, 7) is 5.78. The van der Waals surface area contributed by atoms with Gasteiger partial charge in [-0.25, -0.2) is 14.2 Å². The van der Waals surface area contributed by atoms with Crippen LogP contribution in [-0.4, -0.2) is 95.1 Å². The summed E-state index contributed by atoms with van der Waals surface area (Å²) in [5, 5.41) is 2.61. The number of benzene rings is 1. The molecule has 5 rings (SSSR count). The van der Waals surface area contributed by atoms with Gasteiger partial charge in [0, 0.05) is 51.2 Å². The molecule has 0 aliphatic carbocycles. The first kappa shape index (κ1) is 29.7. The van der Waals surface area contributed by atoms with Crippen molar-refractivity contribution < 1.29 is 33.0 Å². The molecule has 3 amide bonds. The highest BCUT2D eigenvalue weighted by Crippen LogP contribution is 2.29. The fourth-order valence-corrected chi connectivity index (χ4v) is 4.92. The maximum Gasteiger partial charge on any atom is 0.414 e. The van der Waals surface area contributed by atoms with Crippen molar-refractivity contribution in [2.45, 2.75) is 32.8 Å². The van der Waals surface area contributed by atoms with Crippen LogP contribution in [0.5, 0.6) is 0 Å². The van der Waals surface area contributed by atoms with Crippen molar-refractivity contribution >= 4 is 40.9 Å². The molecule has 0 spiro atoms. The molecule has 2 fully saturated rings. The summed E-state index contributed by atoms with van der Waals surface area (Å²) < 4.78 is 27.4. The molecule has 228 valence electrons. The first-order chi connectivity index (χ1) is 20.7. The second-order valence-electron chi connectivity index (χ2n) is 10.9. The normalized spacial score (nSPS) is 17.0. The summed E-state index contributed by atoms with van der Waals surface area (Å²) in [5.41, 5.74) is 1.44. The van der Waals surface area contributed by atoms with Crippen molar-refractivity contribution in [3.63, 3.8) is 0 Å². The van der Waals surface area contributed by atoms with E-state index in [1.807, 2.05) is 18.7 Å². The van der Waals surface area contributed by atoms with E-state index in [-0.39, 0.29) is 43.0 Å². The van der Waals surface area contributed by atoms with Crippen LogP contribution in [-0.2, 0) is 19.1 Å². The Hall–Kier alpha value is -4.75. The molecule has 2 aliphatic rings. The van der Waals surface area contributed by atoms with Crippen molar-refractivity contribution in [3.8, 4) is 0 Å². The summed E-state index contributed by atoms with van der Waals surface area (Å²) in [6, 6.07) is 4.55. The van der Waals surface area contributed by atoms with Crippen LogP contribution in [0.1, 0.15) is 37.2 Å². The third-order valence-corrected chi connectivity index (χ3v) is 7.24. The highest BCUT2D eigenvalue weighted by atomic mass is 19.1. The first-order valence-corrected chi connectivity index (χ1v) is 14.2. The molecule has 0 saturated carbocycles. The molecule has 0 bridgehead atoms. The minimum absolute atomic E-state index is 0.131. The van der Waals surface area contributed by atoms with Gasteiger partial charge in [0.1, 0.15) is 17.6 Å². The fourth-order valence-electron chi connectivity index (χ4n) is 4.92. The highest BCUT2D eigenvalue weighted by molar-refractivity contribution is 5.95. The largest absolute Gasteiger partial charge is 0.465 e. The zero-order chi connectivity index (χ0) is 30.5. The number of ether oxygens (including phenoxy) is 2. The lowest BCUT2D eigenvalue weighted by Gasteiger charge is -2.36. The van der Waals surface area contributed by atoms with Crippen LogP contribution in [0.3, 0.4) is 0 Å². The molecule has 0 radical (unpaired) electrons. The number of imidazole rings is 1. The molecule has 13 nitrogen and oxygen atoms in total. The summed E-state index contributed by atoms with van der Waals surface area (Å²) in [5.74, 6) is -1.31. The van der Waals surface area contributed by atoms with Gasteiger partial charge >= 0.3 is 12.1 Å². The average molecular weight is 596 g/mol. The molecule has 4 heterocycles. The molecule has 1 N–H and O–H groups in total. The van der Waals surface area contributed by atoms with E-state index in [2.05, 4.69) is 15.3 Å². The first-order valence-electron chi connectivity index (χ1n) is 14.2. The predicted molar refractivity (Wildman–Crippen MR) is 153 cm³/mol. The highest BCUT2D eigenvalue weighted by Gasteiger charge is 2.33. The molecule has 14 heteroatoms. The number of rotatable bonds is 10. The number of hydrogen-bond acceptors (Lipinski definition) is 9. The minimum atomic E-state index is -0.592. The van der Waals surface area contributed by atoms with E-state index in [1.165, 1.54) is 17.2 Å². The number of fused-ring (bicyclic) bond motifs is 1. The topological polar surface area (TPSA) is 139 Å². The van der Waals surface area contributed by atoms with Gasteiger partial charge in [0.15, 0.2) is 5.65 Å². The van der Waals surface area contributed by atoms with E-state index < -0.39 is 23.9 Å². The molecular weight excluding hydrogens is 561 g/mol. The number of aromatic nitrogens is 3. The van der Waals surface area contributed by atoms with Crippen molar-refractivity contribution in [1.82, 2.24) is 24.6 Å². The molecule has 1 atom stereocenters. The Morgan fingerprint density at radius 1 is 1.19 bits per heavy atom. The molecule has 0 unspecified atom stereocenters. The van der Waals surface area contributed by atoms with Gasteiger partial charge in [0.05, 0.1) is 37.3 Å². The average Bonchev–Trinajstić information content (AvgIpc) is 3.61. The predicted octanol–water partition coefficient (Wildman–Crippen LogP) is 2.25. The number of hydrogen-bond donors (Lipinski definition) is 1. The minimum Gasteiger partial charge on any atom is -0.465 e. The SMILES string of the molecule is CC(C)COC(=O)CC[C@H]1CN(c2ccc(N3CCN(C(=O)CNC(=O)c4cn5ccncc5n4)CC3)c(F)c2)C(=O)O1. The number of amides is 3. The Kier molecular flexibility index (Phi) is 9.02. The Morgan fingerprint density at radius 2 is 1.98 bits per heavy atom. The van der Waals surface area contributed by atoms with Crippen LogP contribution in [0.4, 0.5) is 20.6 Å². The zero-order valence-corrected chi connectivity index (χ0v) is 24.1. The number of carbonyl (C=O) groups is 4. The number of anilines is 2. The van der Waals surface area contributed by atoms with Gasteiger partial charge in [0.25, 0.3) is 5.91 Å². The standard InChI is InChI=1S/C29H34FN7O6/c1-19(2)18-42-27(39)6-4-21-16-37(29(41)43-21)20-3-5-24(22(30)13-20)34-9-11-35(12-10-34)26(38)15-32-28(40)23-17-36-8-7-31-14-25(36)33-23/h3,5,7-8,13-14,17,19,21H,4,6,9-12,15-16,18H2,1-2H3,(H,32,40)/t21-/m0/s1. The van der Waals surface area contributed by atoms with Crippen LogP contribution in [0.25, 0.3) is 5.65 Å². The van der Waals surface area contributed by atoms with Crippen molar-refractivity contribution in [2.75, 3.05) is 55.7 Å². The van der Waals surface area contributed by atoms with Crippen molar-refractivity contribution in [2.24, 2.45) is 5.92 Å². The number of nitrogens with one attached hydrogen (secondary N) is 1. The van der Waals surface area contributed by atoms with Gasteiger partial charge in [-0.1, -0.05) is 13.8 Å². The monoisotopic (exact) mass is 595 g/mol. The van der Waals surface area contributed by atoms with Gasteiger partial charge in [-0.3, -0.25) is 24.3 Å². The third-order valence-electron chi connectivity index (χ3n) is 7.24. The van der Waals surface area contributed by atoms with Crippen molar-refractivity contribution in [3.05, 3.63) is 54.5 Å². The quantitative estimate of drug-likeness (QED) is 0.350. The maximum absolute atomic E-state index is 15.2. The molecule has 1 aromatic carbocycles. The number of esters is 1. The lowest BCUT2D eigenvalue weighted by atomic mass is 10.1. The van der Waals surface area contributed by atoms with Crippen LogP contribution in [0.15, 0.2) is 43.0 Å². The molecular formula is C29H34FN7O6. The van der Waals surface area contributed by atoms with Crippen molar-refractivity contribution in [1.29, 1.82) is 0 Å². The molecule has 2 aromatic heterocycles. The Bertz CT molecular complexity index is 1470. The van der Waals surface area contributed by atoms with E-state index in [0.717, 1.165) is 0 Å². The van der Waals surface area contributed by atoms with E-state index in [4.69, 9.17) is 9.47 Å². The van der Waals surface area contributed by atoms with Gasteiger partial charge in [-0.15, -0.1) is 0 Å². The van der Waals surface area contributed by atoms with Gasteiger partial charge < -0.3 is 29.0 Å². The second kappa shape index (κ2) is 13.0. The summed E-state index contributed by atoms with van der Waals surface area (Å²) >= 11 is 0. The molecule has 3 aromatic rings. The van der Waals surface area contributed by atoms with Gasteiger partial charge in [0.2, 0.25) is 5.91 Å². The summed E-state index contributed by atoms with van der Waals surface area (Å²) in [4.78, 5) is 62.5. The Balaban J connectivity index is 1.08. The number of nitrogens with zero attached hydrogens (tertiary/aromatic N) is 6. The van der Waals surface area contributed by atoms with Gasteiger partial charge in [-0.2, -0.15) is 0 Å².